The molecule has 1 aliphatic heterocycles. The molecule has 0 fully saturated rings. The third-order valence-electron chi connectivity index (χ3n) is 4.59. The first kappa shape index (κ1) is 21.2. The van der Waals surface area contributed by atoms with Gasteiger partial charge in [-0.1, -0.05) is 33.8 Å². The number of carbonyl (C=O) groups is 1. The molecular formula is C22H20BrN3O2S2. The molecular weight excluding hydrogens is 482 g/mol. The number of hydrogen-bond acceptors (Lipinski definition) is 5. The molecule has 1 aromatic heterocycles. The van der Waals surface area contributed by atoms with E-state index in [1.165, 1.54) is 11.8 Å². The summed E-state index contributed by atoms with van der Waals surface area (Å²) in [5, 5.41) is 3.44. The average Bonchev–Trinajstić information content (AvgIpc) is 3.16. The Hall–Kier alpha value is -2.03. The van der Waals surface area contributed by atoms with E-state index in [0.717, 1.165) is 49.7 Å². The Morgan fingerprint density at radius 2 is 1.90 bits per heavy atom. The van der Waals surface area contributed by atoms with Gasteiger partial charge < -0.3 is 5.32 Å². The van der Waals surface area contributed by atoms with Crippen LogP contribution in [0.5, 0.6) is 0 Å². The molecule has 4 rings (SSSR count). The first-order valence-corrected chi connectivity index (χ1v) is 12.2. The maximum Gasteiger partial charge on any atom is 0.272 e. The van der Waals surface area contributed by atoms with Crippen molar-refractivity contribution in [2.75, 3.05) is 16.8 Å². The number of nitrogens with zero attached hydrogens (tertiary/aromatic N) is 2. The lowest BCUT2D eigenvalue weighted by Crippen LogP contribution is -2.25. The van der Waals surface area contributed by atoms with E-state index in [4.69, 9.17) is 4.98 Å². The molecule has 0 saturated heterocycles. The molecule has 0 atom stereocenters. The van der Waals surface area contributed by atoms with Crippen LogP contribution in [0, 0.1) is 13.8 Å². The standard InChI is InChI=1S/C22H20BrN3O2S2/c1-13-9-14(2)11-17(10-13)26-21(28)20-18(7-8-29-20)25-22(26)30-12-19(27)24-16-5-3-15(23)4-6-16/h3-6,9-11H,7-8,12H2,1-2H3,(H,24,27). The van der Waals surface area contributed by atoms with Crippen molar-refractivity contribution < 1.29 is 4.79 Å². The summed E-state index contributed by atoms with van der Waals surface area (Å²) in [5.74, 6) is 0.889. The van der Waals surface area contributed by atoms with E-state index in [0.29, 0.717) is 5.16 Å². The number of thioether (sulfide) groups is 2. The van der Waals surface area contributed by atoms with Crippen molar-refractivity contribution in [2.45, 2.75) is 30.3 Å². The van der Waals surface area contributed by atoms with Crippen molar-refractivity contribution in [3.8, 4) is 5.69 Å². The fraction of sp³-hybridized carbons (Fsp3) is 0.227. The first-order chi connectivity index (χ1) is 14.4. The molecule has 1 N–H and O–H groups in total. The number of nitrogens with one attached hydrogen (secondary N) is 1. The number of rotatable bonds is 5. The highest BCUT2D eigenvalue weighted by Gasteiger charge is 2.23. The number of fused-ring (bicyclic) bond motifs is 1. The highest BCUT2D eigenvalue weighted by Crippen LogP contribution is 2.30. The molecule has 2 aromatic carbocycles. The number of halogens is 1. The van der Waals surface area contributed by atoms with Crippen LogP contribution in [0.2, 0.25) is 0 Å². The lowest BCUT2D eigenvalue weighted by atomic mass is 10.1. The van der Waals surface area contributed by atoms with Gasteiger partial charge in [-0.25, -0.2) is 4.98 Å². The van der Waals surface area contributed by atoms with Gasteiger partial charge in [-0.2, -0.15) is 0 Å². The Bertz CT molecular complexity index is 1160. The van der Waals surface area contributed by atoms with Crippen LogP contribution >= 0.6 is 39.5 Å². The van der Waals surface area contributed by atoms with Gasteiger partial charge in [-0.15, -0.1) is 11.8 Å². The second kappa shape index (κ2) is 8.99. The van der Waals surface area contributed by atoms with Gasteiger partial charge in [0.1, 0.15) is 0 Å². The van der Waals surface area contributed by atoms with Gasteiger partial charge in [0, 0.05) is 22.3 Å². The molecule has 0 aliphatic carbocycles. The van der Waals surface area contributed by atoms with E-state index in [-0.39, 0.29) is 17.2 Å². The van der Waals surface area contributed by atoms with Crippen LogP contribution in [0.4, 0.5) is 5.69 Å². The van der Waals surface area contributed by atoms with E-state index in [9.17, 15) is 9.59 Å². The Morgan fingerprint density at radius 3 is 2.60 bits per heavy atom. The number of amides is 1. The fourth-order valence-corrected chi connectivity index (χ4v) is 5.47. The molecule has 154 valence electrons. The third kappa shape index (κ3) is 4.66. The van der Waals surface area contributed by atoms with Gasteiger partial charge in [0.2, 0.25) is 5.91 Å². The number of benzene rings is 2. The van der Waals surface area contributed by atoms with Gasteiger partial charge in [0.05, 0.1) is 22.0 Å². The molecule has 1 aliphatic rings. The highest BCUT2D eigenvalue weighted by atomic mass is 79.9. The van der Waals surface area contributed by atoms with E-state index in [1.807, 2.05) is 50.2 Å². The molecule has 30 heavy (non-hydrogen) atoms. The van der Waals surface area contributed by atoms with Crippen LogP contribution in [0.3, 0.4) is 0 Å². The molecule has 0 spiro atoms. The Balaban J connectivity index is 1.63. The highest BCUT2D eigenvalue weighted by molar-refractivity contribution is 9.10. The number of aryl methyl sites for hydroxylation is 3. The number of carbonyl (C=O) groups excluding carboxylic acids is 1. The average molecular weight is 502 g/mol. The molecule has 0 saturated carbocycles. The monoisotopic (exact) mass is 501 g/mol. The zero-order valence-corrected chi connectivity index (χ0v) is 19.8. The lowest BCUT2D eigenvalue weighted by Gasteiger charge is -2.15. The summed E-state index contributed by atoms with van der Waals surface area (Å²) >= 11 is 6.23. The van der Waals surface area contributed by atoms with Crippen molar-refractivity contribution >= 4 is 51.0 Å². The summed E-state index contributed by atoms with van der Waals surface area (Å²) in [6.45, 7) is 4.02. The van der Waals surface area contributed by atoms with Gasteiger partial charge in [-0.05, 0) is 61.4 Å². The third-order valence-corrected chi connectivity index (χ3v) is 7.17. The predicted octanol–water partition coefficient (Wildman–Crippen LogP) is 4.99. The molecule has 5 nitrogen and oxygen atoms in total. The van der Waals surface area contributed by atoms with Crippen molar-refractivity contribution in [2.24, 2.45) is 0 Å². The number of anilines is 1. The van der Waals surface area contributed by atoms with Crippen LogP contribution in [-0.4, -0.2) is 27.0 Å². The van der Waals surface area contributed by atoms with Crippen molar-refractivity contribution in [1.82, 2.24) is 9.55 Å². The lowest BCUT2D eigenvalue weighted by molar-refractivity contribution is -0.113. The summed E-state index contributed by atoms with van der Waals surface area (Å²) < 4.78 is 2.60. The maximum atomic E-state index is 13.3. The minimum Gasteiger partial charge on any atom is -0.325 e. The molecule has 3 aromatic rings. The Labute approximate surface area is 191 Å². The van der Waals surface area contributed by atoms with E-state index < -0.39 is 0 Å². The van der Waals surface area contributed by atoms with Crippen molar-refractivity contribution in [3.05, 3.63) is 74.1 Å². The largest absolute Gasteiger partial charge is 0.325 e. The van der Waals surface area contributed by atoms with Gasteiger partial charge in [0.25, 0.3) is 5.56 Å². The maximum absolute atomic E-state index is 13.3. The van der Waals surface area contributed by atoms with E-state index in [1.54, 1.807) is 16.3 Å². The quantitative estimate of drug-likeness (QED) is 0.394. The predicted molar refractivity (Wildman–Crippen MR) is 127 cm³/mol. The normalized spacial score (nSPS) is 12.6. The van der Waals surface area contributed by atoms with Crippen LogP contribution in [0.15, 0.2) is 61.8 Å². The minimum absolute atomic E-state index is 0.0525. The van der Waals surface area contributed by atoms with E-state index >= 15 is 0 Å². The van der Waals surface area contributed by atoms with Crippen LogP contribution in [-0.2, 0) is 11.2 Å². The molecule has 0 bridgehead atoms. The summed E-state index contributed by atoms with van der Waals surface area (Å²) in [6.07, 6.45) is 0.779. The fourth-order valence-electron chi connectivity index (χ4n) is 3.36. The van der Waals surface area contributed by atoms with Gasteiger partial charge >= 0.3 is 0 Å². The Morgan fingerprint density at radius 1 is 1.20 bits per heavy atom. The van der Waals surface area contributed by atoms with Crippen LogP contribution < -0.4 is 10.9 Å². The topological polar surface area (TPSA) is 64.0 Å². The van der Waals surface area contributed by atoms with Gasteiger partial charge in [0.15, 0.2) is 5.16 Å². The smallest absolute Gasteiger partial charge is 0.272 e. The number of hydrogen-bond donors (Lipinski definition) is 1. The SMILES string of the molecule is Cc1cc(C)cc(-n2c(SCC(=O)Nc3ccc(Br)cc3)nc3c(c2=O)SCC3)c1. The second-order valence-corrected chi connectivity index (χ2v) is 10.1. The minimum atomic E-state index is -0.140. The van der Waals surface area contributed by atoms with E-state index in [2.05, 4.69) is 27.3 Å². The van der Waals surface area contributed by atoms with Crippen LogP contribution in [0.1, 0.15) is 16.8 Å². The second-order valence-electron chi connectivity index (χ2n) is 7.10. The zero-order chi connectivity index (χ0) is 21.3. The van der Waals surface area contributed by atoms with Gasteiger partial charge in [-0.3, -0.25) is 14.2 Å². The zero-order valence-electron chi connectivity index (χ0n) is 16.6. The molecule has 1 amide bonds. The molecule has 8 heteroatoms. The number of aromatic nitrogens is 2. The molecule has 0 radical (unpaired) electrons. The molecule has 0 unspecified atom stereocenters. The van der Waals surface area contributed by atoms with Crippen LogP contribution in [0.25, 0.3) is 5.69 Å². The Kier molecular flexibility index (Phi) is 6.36. The van der Waals surface area contributed by atoms with Crippen molar-refractivity contribution in [1.29, 1.82) is 0 Å². The summed E-state index contributed by atoms with van der Waals surface area (Å²) in [7, 11) is 0. The van der Waals surface area contributed by atoms with Crippen molar-refractivity contribution in [3.63, 3.8) is 0 Å². The first-order valence-electron chi connectivity index (χ1n) is 9.46. The summed E-state index contributed by atoms with van der Waals surface area (Å²) in [6, 6.07) is 13.5. The molecule has 2 heterocycles. The summed E-state index contributed by atoms with van der Waals surface area (Å²) in [4.78, 5) is 31.2. The summed E-state index contributed by atoms with van der Waals surface area (Å²) in [5.41, 5.74) is 4.46.